The van der Waals surface area contributed by atoms with Crippen molar-refractivity contribution in [2.75, 3.05) is 37.4 Å². The van der Waals surface area contributed by atoms with Crippen LogP contribution in [0.5, 0.6) is 0 Å². The summed E-state index contributed by atoms with van der Waals surface area (Å²) < 4.78 is 0. The molecule has 1 fully saturated rings. The monoisotopic (exact) mass is 324 g/mol. The van der Waals surface area contributed by atoms with Crippen molar-refractivity contribution in [1.29, 1.82) is 0 Å². The Labute approximate surface area is 135 Å². The lowest BCUT2D eigenvalue weighted by molar-refractivity contribution is -0.127. The van der Waals surface area contributed by atoms with Gasteiger partial charge in [-0.3, -0.25) is 4.79 Å². The number of piperazine rings is 1. The van der Waals surface area contributed by atoms with Crippen molar-refractivity contribution in [3.8, 4) is 0 Å². The molecule has 22 heavy (non-hydrogen) atoms. The number of halogens is 1. The zero-order chi connectivity index (χ0) is 16.3. The standard InChI is InChI=1S/C15H21ClN4O2/c1-4-12-14(21)17-7-8-20(12)15(22)18-11-9-10(16)5-6-13(11)19(2)3/h5-6,9,12H,4,7-8H2,1-3H3,(H,17,21)(H,18,22). The zero-order valence-corrected chi connectivity index (χ0v) is 13.8. The van der Waals surface area contributed by atoms with E-state index in [9.17, 15) is 9.59 Å². The lowest BCUT2D eigenvalue weighted by atomic mass is 10.1. The lowest BCUT2D eigenvalue weighted by Crippen LogP contribution is -2.57. The SMILES string of the molecule is CCC1C(=O)NCCN1C(=O)Nc1cc(Cl)ccc1N(C)C. The average Bonchev–Trinajstić information content (AvgIpc) is 2.46. The summed E-state index contributed by atoms with van der Waals surface area (Å²) in [5.74, 6) is -0.108. The third kappa shape index (κ3) is 3.44. The van der Waals surface area contributed by atoms with Crippen LogP contribution in [0.1, 0.15) is 13.3 Å². The Bertz CT molecular complexity index is 577. The van der Waals surface area contributed by atoms with Gasteiger partial charge >= 0.3 is 6.03 Å². The highest BCUT2D eigenvalue weighted by Gasteiger charge is 2.31. The van der Waals surface area contributed by atoms with E-state index in [0.717, 1.165) is 5.69 Å². The van der Waals surface area contributed by atoms with Crippen LogP contribution in [0.4, 0.5) is 16.2 Å². The zero-order valence-electron chi connectivity index (χ0n) is 13.0. The van der Waals surface area contributed by atoms with E-state index in [2.05, 4.69) is 10.6 Å². The molecule has 7 heteroatoms. The van der Waals surface area contributed by atoms with Crippen LogP contribution < -0.4 is 15.5 Å². The predicted molar refractivity (Wildman–Crippen MR) is 88.6 cm³/mol. The average molecular weight is 325 g/mol. The van der Waals surface area contributed by atoms with E-state index in [-0.39, 0.29) is 11.9 Å². The number of urea groups is 1. The fourth-order valence-corrected chi connectivity index (χ4v) is 2.72. The molecule has 120 valence electrons. The highest BCUT2D eigenvalue weighted by molar-refractivity contribution is 6.31. The fourth-order valence-electron chi connectivity index (χ4n) is 2.55. The number of hydrogen-bond donors (Lipinski definition) is 2. The Morgan fingerprint density at radius 2 is 2.23 bits per heavy atom. The Kier molecular flexibility index (Phi) is 5.13. The molecule has 1 atom stereocenters. The number of amides is 3. The van der Waals surface area contributed by atoms with E-state index < -0.39 is 6.04 Å². The van der Waals surface area contributed by atoms with Crippen molar-refractivity contribution in [1.82, 2.24) is 10.2 Å². The summed E-state index contributed by atoms with van der Waals surface area (Å²) >= 11 is 6.02. The number of carbonyl (C=O) groups excluding carboxylic acids is 2. The maximum atomic E-state index is 12.5. The van der Waals surface area contributed by atoms with Crippen LogP contribution in [0.3, 0.4) is 0 Å². The van der Waals surface area contributed by atoms with E-state index in [4.69, 9.17) is 11.6 Å². The van der Waals surface area contributed by atoms with Crippen LogP contribution in [0, 0.1) is 0 Å². The topological polar surface area (TPSA) is 64.7 Å². The largest absolute Gasteiger partial charge is 0.376 e. The number of rotatable bonds is 3. The Hall–Kier alpha value is -1.95. The molecule has 0 aliphatic carbocycles. The minimum absolute atomic E-state index is 0.108. The molecule has 1 aromatic carbocycles. The van der Waals surface area contributed by atoms with Crippen molar-refractivity contribution in [2.45, 2.75) is 19.4 Å². The van der Waals surface area contributed by atoms with E-state index >= 15 is 0 Å². The number of nitrogens with zero attached hydrogens (tertiary/aromatic N) is 2. The molecule has 3 amide bonds. The summed E-state index contributed by atoms with van der Waals surface area (Å²) in [6, 6.07) is 4.61. The van der Waals surface area contributed by atoms with E-state index in [0.29, 0.717) is 30.2 Å². The number of benzene rings is 1. The van der Waals surface area contributed by atoms with Gasteiger partial charge in [0.25, 0.3) is 0 Å². The van der Waals surface area contributed by atoms with Crippen LogP contribution in [-0.4, -0.2) is 50.1 Å². The predicted octanol–water partition coefficient (Wildman–Crippen LogP) is 2.15. The second-order valence-electron chi connectivity index (χ2n) is 5.39. The summed E-state index contributed by atoms with van der Waals surface area (Å²) in [7, 11) is 3.78. The smallest absolute Gasteiger partial charge is 0.322 e. The lowest BCUT2D eigenvalue weighted by Gasteiger charge is -2.34. The normalized spacial score (nSPS) is 17.9. The van der Waals surface area contributed by atoms with Crippen molar-refractivity contribution in [2.24, 2.45) is 0 Å². The molecule has 0 aromatic heterocycles. The van der Waals surface area contributed by atoms with Gasteiger partial charge in [0.05, 0.1) is 11.4 Å². The van der Waals surface area contributed by atoms with Crippen molar-refractivity contribution in [3.63, 3.8) is 0 Å². The quantitative estimate of drug-likeness (QED) is 0.895. The number of carbonyl (C=O) groups is 2. The molecule has 2 rings (SSSR count). The van der Waals surface area contributed by atoms with E-state index in [1.807, 2.05) is 32.0 Å². The molecule has 2 N–H and O–H groups in total. The van der Waals surface area contributed by atoms with Crippen molar-refractivity contribution < 1.29 is 9.59 Å². The first-order valence-electron chi connectivity index (χ1n) is 7.26. The fraction of sp³-hybridized carbons (Fsp3) is 0.467. The van der Waals surface area contributed by atoms with Crippen LogP contribution in [0.15, 0.2) is 18.2 Å². The second kappa shape index (κ2) is 6.87. The molecule has 1 aliphatic rings. The summed E-state index contributed by atoms with van der Waals surface area (Å²) in [6.07, 6.45) is 0.579. The molecular weight excluding hydrogens is 304 g/mol. The Morgan fingerprint density at radius 3 is 2.86 bits per heavy atom. The van der Waals surface area contributed by atoms with Gasteiger partial charge in [-0.15, -0.1) is 0 Å². The third-order valence-electron chi connectivity index (χ3n) is 3.66. The first-order valence-corrected chi connectivity index (χ1v) is 7.64. The van der Waals surface area contributed by atoms with Gasteiger partial charge in [0.1, 0.15) is 6.04 Å². The summed E-state index contributed by atoms with van der Waals surface area (Å²) in [5.41, 5.74) is 1.48. The molecule has 0 saturated carbocycles. The molecule has 0 radical (unpaired) electrons. The van der Waals surface area contributed by atoms with Crippen LogP contribution >= 0.6 is 11.6 Å². The maximum absolute atomic E-state index is 12.5. The van der Waals surface area contributed by atoms with Gasteiger partial charge in [0, 0.05) is 32.2 Å². The van der Waals surface area contributed by atoms with Gasteiger partial charge in [-0.25, -0.2) is 4.79 Å². The summed E-state index contributed by atoms with van der Waals surface area (Å²) in [5, 5.41) is 6.19. The van der Waals surface area contributed by atoms with Gasteiger partial charge in [-0.05, 0) is 24.6 Å². The number of hydrogen-bond acceptors (Lipinski definition) is 3. The molecule has 0 spiro atoms. The molecule has 1 unspecified atom stereocenters. The first kappa shape index (κ1) is 16.4. The number of nitrogens with one attached hydrogen (secondary N) is 2. The van der Waals surface area contributed by atoms with E-state index in [1.54, 1.807) is 17.0 Å². The molecule has 6 nitrogen and oxygen atoms in total. The molecule has 1 aliphatic heterocycles. The van der Waals surface area contributed by atoms with Crippen LogP contribution in [0.2, 0.25) is 5.02 Å². The van der Waals surface area contributed by atoms with Crippen LogP contribution in [-0.2, 0) is 4.79 Å². The molecule has 0 bridgehead atoms. The molecular formula is C15H21ClN4O2. The minimum Gasteiger partial charge on any atom is -0.376 e. The van der Waals surface area contributed by atoms with Crippen LogP contribution in [0.25, 0.3) is 0 Å². The van der Waals surface area contributed by atoms with E-state index in [1.165, 1.54) is 0 Å². The third-order valence-corrected chi connectivity index (χ3v) is 3.90. The number of anilines is 2. The van der Waals surface area contributed by atoms with Gasteiger partial charge in [-0.1, -0.05) is 18.5 Å². The van der Waals surface area contributed by atoms with Gasteiger partial charge in [0.2, 0.25) is 5.91 Å². The summed E-state index contributed by atoms with van der Waals surface area (Å²) in [6.45, 7) is 2.85. The highest BCUT2D eigenvalue weighted by Crippen LogP contribution is 2.28. The first-order chi connectivity index (χ1) is 10.4. The minimum atomic E-state index is -0.434. The second-order valence-corrected chi connectivity index (χ2v) is 5.83. The van der Waals surface area contributed by atoms with Gasteiger partial charge in [0.15, 0.2) is 0 Å². The van der Waals surface area contributed by atoms with Gasteiger partial charge < -0.3 is 20.4 Å². The molecule has 1 aromatic rings. The Balaban J connectivity index is 2.21. The van der Waals surface area contributed by atoms with Crippen molar-refractivity contribution >= 4 is 34.9 Å². The Morgan fingerprint density at radius 1 is 1.50 bits per heavy atom. The highest BCUT2D eigenvalue weighted by atomic mass is 35.5. The summed E-state index contributed by atoms with van der Waals surface area (Å²) in [4.78, 5) is 27.9. The molecule has 1 heterocycles. The maximum Gasteiger partial charge on any atom is 0.322 e. The van der Waals surface area contributed by atoms with Crippen molar-refractivity contribution in [3.05, 3.63) is 23.2 Å². The van der Waals surface area contributed by atoms with Gasteiger partial charge in [-0.2, -0.15) is 0 Å². The molecule has 1 saturated heterocycles.